The highest BCUT2D eigenvalue weighted by Crippen LogP contribution is 2.09. The number of nitrogens with zero attached hydrogens (tertiary/aromatic N) is 1. The molecule has 0 heterocycles. The van der Waals surface area contributed by atoms with Gasteiger partial charge in [0.1, 0.15) is 0 Å². The molecule has 1 unspecified atom stereocenters. The van der Waals surface area contributed by atoms with Crippen molar-refractivity contribution in [3.8, 4) is 0 Å². The van der Waals surface area contributed by atoms with E-state index in [9.17, 15) is 0 Å². The third kappa shape index (κ3) is 2.16. The van der Waals surface area contributed by atoms with Gasteiger partial charge in [-0.05, 0) is 18.9 Å². The van der Waals surface area contributed by atoms with Crippen LogP contribution in [0.3, 0.4) is 0 Å². The molecule has 1 aliphatic carbocycles. The van der Waals surface area contributed by atoms with E-state index >= 15 is 0 Å². The zero-order chi connectivity index (χ0) is 8.81. The van der Waals surface area contributed by atoms with Crippen LogP contribution in [0.25, 0.3) is 0 Å². The van der Waals surface area contributed by atoms with Gasteiger partial charge < -0.3 is 5.41 Å². The molecule has 2 heteroatoms. The standard InChI is InChI=1S/C10H14N2/c1-12-10-7-5-3-2-4-6-9(10)8-11/h2,4-5,7-9,11H,3,6H2,1H3/b4-2-,7-5-,11-8?,12-10?. The van der Waals surface area contributed by atoms with Crippen LogP contribution in [0.5, 0.6) is 0 Å². The van der Waals surface area contributed by atoms with Crippen molar-refractivity contribution in [1.82, 2.24) is 0 Å². The van der Waals surface area contributed by atoms with Gasteiger partial charge in [0.2, 0.25) is 0 Å². The fourth-order valence-electron chi connectivity index (χ4n) is 1.24. The number of aliphatic imine (C=N–C) groups is 1. The van der Waals surface area contributed by atoms with E-state index in [1.807, 2.05) is 6.08 Å². The monoisotopic (exact) mass is 162 g/mol. The number of rotatable bonds is 1. The molecule has 0 aromatic heterocycles. The Morgan fingerprint density at radius 1 is 1.50 bits per heavy atom. The SMILES string of the molecule is CN=C1/C=C\C/C=C\CC1C=N. The van der Waals surface area contributed by atoms with Crippen LogP contribution in [-0.2, 0) is 0 Å². The Bertz CT molecular complexity index is 236. The summed E-state index contributed by atoms with van der Waals surface area (Å²) in [4.78, 5) is 4.15. The maximum Gasteiger partial charge on any atom is 0.0428 e. The summed E-state index contributed by atoms with van der Waals surface area (Å²) >= 11 is 0. The Hall–Kier alpha value is -1.18. The van der Waals surface area contributed by atoms with Gasteiger partial charge >= 0.3 is 0 Å². The Labute approximate surface area is 73.2 Å². The third-order valence-electron chi connectivity index (χ3n) is 1.96. The summed E-state index contributed by atoms with van der Waals surface area (Å²) in [7, 11) is 1.78. The minimum Gasteiger partial charge on any atom is -0.312 e. The van der Waals surface area contributed by atoms with E-state index < -0.39 is 0 Å². The second kappa shape index (κ2) is 4.65. The maximum absolute atomic E-state index is 7.23. The molecule has 2 nitrogen and oxygen atoms in total. The molecular formula is C10H14N2. The number of allylic oxidation sites excluding steroid dienone is 4. The first-order valence-electron chi connectivity index (χ1n) is 4.17. The summed E-state index contributed by atoms with van der Waals surface area (Å²) in [6, 6.07) is 0. The lowest BCUT2D eigenvalue weighted by Crippen LogP contribution is -2.13. The Morgan fingerprint density at radius 3 is 3.00 bits per heavy atom. The highest BCUT2D eigenvalue weighted by molar-refractivity contribution is 6.05. The Morgan fingerprint density at radius 2 is 2.33 bits per heavy atom. The van der Waals surface area contributed by atoms with Gasteiger partial charge in [-0.25, -0.2) is 0 Å². The fraction of sp³-hybridized carbons (Fsp3) is 0.400. The lowest BCUT2D eigenvalue weighted by atomic mass is 9.98. The molecule has 64 valence electrons. The van der Waals surface area contributed by atoms with Crippen molar-refractivity contribution >= 4 is 11.9 Å². The normalized spacial score (nSPS) is 32.1. The highest BCUT2D eigenvalue weighted by Gasteiger charge is 2.08. The van der Waals surface area contributed by atoms with Gasteiger partial charge in [-0.2, -0.15) is 0 Å². The van der Waals surface area contributed by atoms with Crippen LogP contribution in [0, 0.1) is 11.3 Å². The van der Waals surface area contributed by atoms with E-state index in [0.29, 0.717) is 0 Å². The first kappa shape index (κ1) is 8.91. The molecule has 0 saturated heterocycles. The molecule has 1 aliphatic rings. The smallest absolute Gasteiger partial charge is 0.0428 e. The molecule has 0 bridgehead atoms. The molecule has 0 aliphatic heterocycles. The second-order valence-corrected chi connectivity index (χ2v) is 2.77. The van der Waals surface area contributed by atoms with Gasteiger partial charge in [0.25, 0.3) is 0 Å². The lowest BCUT2D eigenvalue weighted by Gasteiger charge is -2.10. The second-order valence-electron chi connectivity index (χ2n) is 2.77. The number of hydrogen-bond acceptors (Lipinski definition) is 2. The zero-order valence-corrected chi connectivity index (χ0v) is 7.33. The third-order valence-corrected chi connectivity index (χ3v) is 1.96. The van der Waals surface area contributed by atoms with Crippen molar-refractivity contribution in [2.75, 3.05) is 7.05 Å². The van der Waals surface area contributed by atoms with Crippen molar-refractivity contribution in [2.45, 2.75) is 12.8 Å². The van der Waals surface area contributed by atoms with Crippen LogP contribution in [0.1, 0.15) is 12.8 Å². The summed E-state index contributed by atoms with van der Waals surface area (Å²) in [6.45, 7) is 0. The molecule has 12 heavy (non-hydrogen) atoms. The van der Waals surface area contributed by atoms with Crippen LogP contribution in [-0.4, -0.2) is 19.0 Å². The summed E-state index contributed by atoms with van der Waals surface area (Å²) in [6.07, 6.45) is 11.7. The molecule has 0 fully saturated rings. The molecule has 1 N–H and O–H groups in total. The summed E-state index contributed by atoms with van der Waals surface area (Å²) < 4.78 is 0. The van der Waals surface area contributed by atoms with Crippen LogP contribution in [0.2, 0.25) is 0 Å². The van der Waals surface area contributed by atoms with E-state index in [4.69, 9.17) is 5.41 Å². The Kier molecular flexibility index (Phi) is 3.45. The Balaban J connectivity index is 2.80. The zero-order valence-electron chi connectivity index (χ0n) is 7.33. The van der Waals surface area contributed by atoms with Gasteiger partial charge in [-0.3, -0.25) is 4.99 Å². The van der Waals surface area contributed by atoms with E-state index in [1.54, 1.807) is 7.05 Å². The first-order chi connectivity index (χ1) is 5.88. The average Bonchev–Trinajstić information content (AvgIpc) is 2.05. The van der Waals surface area contributed by atoms with E-state index in [2.05, 4.69) is 23.2 Å². The highest BCUT2D eigenvalue weighted by atomic mass is 14.7. The van der Waals surface area contributed by atoms with Crippen LogP contribution >= 0.6 is 0 Å². The van der Waals surface area contributed by atoms with Gasteiger partial charge in [0.05, 0.1) is 0 Å². The van der Waals surface area contributed by atoms with Gasteiger partial charge in [-0.1, -0.05) is 18.2 Å². The summed E-state index contributed by atoms with van der Waals surface area (Å²) in [5.41, 5.74) is 1.01. The minimum atomic E-state index is 0.169. The number of nitrogens with one attached hydrogen (secondary N) is 1. The van der Waals surface area contributed by atoms with Crippen LogP contribution < -0.4 is 0 Å². The van der Waals surface area contributed by atoms with E-state index in [0.717, 1.165) is 18.6 Å². The molecule has 0 radical (unpaired) electrons. The predicted molar refractivity (Wildman–Crippen MR) is 53.1 cm³/mol. The quantitative estimate of drug-likeness (QED) is 0.453. The van der Waals surface area contributed by atoms with Crippen LogP contribution in [0.15, 0.2) is 29.3 Å². The summed E-state index contributed by atoms with van der Waals surface area (Å²) in [5, 5.41) is 7.23. The van der Waals surface area contributed by atoms with Gasteiger partial charge in [-0.15, -0.1) is 0 Å². The average molecular weight is 162 g/mol. The van der Waals surface area contributed by atoms with E-state index in [-0.39, 0.29) is 5.92 Å². The predicted octanol–water partition coefficient (Wildman–Crippen LogP) is 2.23. The van der Waals surface area contributed by atoms with E-state index in [1.165, 1.54) is 6.21 Å². The summed E-state index contributed by atoms with van der Waals surface area (Å²) in [5.74, 6) is 0.169. The lowest BCUT2D eigenvalue weighted by molar-refractivity contribution is 0.933. The molecular weight excluding hydrogens is 148 g/mol. The van der Waals surface area contributed by atoms with Gasteiger partial charge in [0, 0.05) is 24.9 Å². The van der Waals surface area contributed by atoms with Crippen molar-refractivity contribution < 1.29 is 0 Å². The topological polar surface area (TPSA) is 36.2 Å². The first-order valence-corrected chi connectivity index (χ1v) is 4.17. The van der Waals surface area contributed by atoms with Crippen molar-refractivity contribution in [3.63, 3.8) is 0 Å². The molecule has 0 saturated carbocycles. The minimum absolute atomic E-state index is 0.169. The van der Waals surface area contributed by atoms with Crippen LogP contribution in [0.4, 0.5) is 0 Å². The molecule has 1 rings (SSSR count). The maximum atomic E-state index is 7.23. The molecule has 0 amide bonds. The van der Waals surface area contributed by atoms with Crippen molar-refractivity contribution in [3.05, 3.63) is 24.3 Å². The molecule has 0 aromatic carbocycles. The number of hydrogen-bond donors (Lipinski definition) is 1. The van der Waals surface area contributed by atoms with Crippen molar-refractivity contribution in [1.29, 1.82) is 5.41 Å². The van der Waals surface area contributed by atoms with Crippen molar-refractivity contribution in [2.24, 2.45) is 10.9 Å². The fourth-order valence-corrected chi connectivity index (χ4v) is 1.24. The molecule has 0 spiro atoms. The molecule has 1 atom stereocenters. The largest absolute Gasteiger partial charge is 0.312 e. The van der Waals surface area contributed by atoms with Gasteiger partial charge in [0.15, 0.2) is 0 Å². The molecule has 0 aromatic rings.